The molecule has 220 valence electrons. The van der Waals surface area contributed by atoms with Crippen molar-refractivity contribution in [3.8, 4) is 11.3 Å². The largest absolute Gasteiger partial charge is 3.00 e. The molecule has 0 radical (unpaired) electrons. The first-order valence-corrected chi connectivity index (χ1v) is 15.0. The zero-order valence-corrected chi connectivity index (χ0v) is 27.7. The van der Waals surface area contributed by atoms with Crippen LogP contribution in [0.25, 0.3) is 49.4 Å². The molecule has 5 heteroatoms. The zero-order chi connectivity index (χ0) is 29.8. The summed E-state index contributed by atoms with van der Waals surface area (Å²) in [5.74, 6) is 0. The minimum Gasteiger partial charge on any atom is -0.497 e. The number of hydrogen-bond acceptors (Lipinski definition) is 3. The van der Waals surface area contributed by atoms with Crippen molar-refractivity contribution in [3.05, 3.63) is 146 Å². The minimum atomic E-state index is -0.00950. The third-order valence-corrected chi connectivity index (χ3v) is 8.40. The maximum absolute atomic E-state index is 4.22. The topological polar surface area (TPSA) is 23.8 Å². The molecular weight excluding hydrogens is 729 g/mol. The SMILES string of the molecule is CC(C)(C)N1[CH-]N(c2[c-]cc3c(c2)c2cccc4c5ccccc5n3c24)c2ccccc21.[Ir+3].[c-]1ccccc1-c1ccccn1. The van der Waals surface area contributed by atoms with Crippen molar-refractivity contribution < 1.29 is 20.1 Å². The molecule has 0 aliphatic carbocycles. The van der Waals surface area contributed by atoms with Gasteiger partial charge in [-0.05, 0) is 56.1 Å². The Morgan fingerprint density at radius 3 is 2.13 bits per heavy atom. The van der Waals surface area contributed by atoms with Gasteiger partial charge in [-0.2, -0.15) is 18.8 Å². The smallest absolute Gasteiger partial charge is 0.497 e. The number of nitrogens with zero attached hydrogens (tertiary/aromatic N) is 4. The molecule has 0 spiro atoms. The molecule has 1 aliphatic rings. The Morgan fingerprint density at radius 2 is 1.38 bits per heavy atom. The Labute approximate surface area is 277 Å². The van der Waals surface area contributed by atoms with Crippen molar-refractivity contribution in [3.63, 3.8) is 0 Å². The Hall–Kier alpha value is -4.70. The third kappa shape index (κ3) is 4.84. The van der Waals surface area contributed by atoms with E-state index in [1.807, 2.05) is 42.5 Å². The van der Waals surface area contributed by atoms with E-state index >= 15 is 0 Å². The van der Waals surface area contributed by atoms with Crippen molar-refractivity contribution in [1.29, 1.82) is 0 Å². The molecule has 1 aliphatic heterocycles. The summed E-state index contributed by atoms with van der Waals surface area (Å²) in [7, 11) is 0. The monoisotopic (exact) mass is 760 g/mol. The summed E-state index contributed by atoms with van der Waals surface area (Å²) in [5, 5.41) is 5.18. The van der Waals surface area contributed by atoms with Gasteiger partial charge in [0.25, 0.3) is 0 Å². The second-order valence-electron chi connectivity index (χ2n) is 12.2. The van der Waals surface area contributed by atoms with Crippen molar-refractivity contribution in [2.24, 2.45) is 0 Å². The molecule has 4 heterocycles. The molecule has 0 atom stereocenters. The summed E-state index contributed by atoms with van der Waals surface area (Å²) in [6.45, 7) is 8.95. The van der Waals surface area contributed by atoms with E-state index in [9.17, 15) is 0 Å². The van der Waals surface area contributed by atoms with E-state index in [0.29, 0.717) is 0 Å². The van der Waals surface area contributed by atoms with Crippen LogP contribution in [-0.2, 0) is 20.1 Å². The molecule has 0 unspecified atom stereocenters. The van der Waals surface area contributed by atoms with Gasteiger partial charge >= 0.3 is 20.1 Å². The summed E-state index contributed by atoms with van der Waals surface area (Å²) in [6.07, 6.45) is 1.79. The van der Waals surface area contributed by atoms with Gasteiger partial charge in [-0.15, -0.1) is 53.0 Å². The summed E-state index contributed by atoms with van der Waals surface area (Å²) in [5.41, 5.74) is 9.26. The van der Waals surface area contributed by atoms with Gasteiger partial charge in [-0.1, -0.05) is 66.2 Å². The molecule has 5 aromatic carbocycles. The quantitative estimate of drug-likeness (QED) is 0.164. The second-order valence-corrected chi connectivity index (χ2v) is 12.2. The maximum atomic E-state index is 4.22. The predicted molar refractivity (Wildman–Crippen MR) is 184 cm³/mol. The molecular formula is C40H31IrN4. The average Bonchev–Trinajstić information content (AvgIpc) is 3.73. The molecule has 3 aromatic heterocycles. The molecule has 0 fully saturated rings. The molecule has 0 bridgehead atoms. The van der Waals surface area contributed by atoms with Crippen LogP contribution in [0.15, 0.2) is 128 Å². The predicted octanol–water partition coefficient (Wildman–Crippen LogP) is 10.1. The Bertz CT molecular complexity index is 2210. The van der Waals surface area contributed by atoms with Crippen LogP contribution in [0.1, 0.15) is 20.8 Å². The fourth-order valence-corrected chi connectivity index (χ4v) is 6.41. The van der Waals surface area contributed by atoms with Crippen LogP contribution in [0, 0.1) is 18.8 Å². The van der Waals surface area contributed by atoms with Gasteiger partial charge in [0, 0.05) is 44.9 Å². The van der Waals surface area contributed by atoms with E-state index < -0.39 is 0 Å². The number of para-hydroxylation sites is 4. The molecule has 45 heavy (non-hydrogen) atoms. The first kappa shape index (κ1) is 29.0. The summed E-state index contributed by atoms with van der Waals surface area (Å²) >= 11 is 0. The van der Waals surface area contributed by atoms with Gasteiger partial charge in [0.05, 0.1) is 0 Å². The molecule has 4 nitrogen and oxygen atoms in total. The zero-order valence-electron chi connectivity index (χ0n) is 25.3. The van der Waals surface area contributed by atoms with E-state index in [4.69, 9.17) is 0 Å². The number of anilines is 3. The molecule has 8 aromatic rings. The van der Waals surface area contributed by atoms with Crippen LogP contribution in [0.5, 0.6) is 0 Å². The van der Waals surface area contributed by atoms with Crippen LogP contribution in [0.3, 0.4) is 0 Å². The van der Waals surface area contributed by atoms with Crippen LogP contribution >= 0.6 is 0 Å². The van der Waals surface area contributed by atoms with Crippen LogP contribution < -0.4 is 9.80 Å². The van der Waals surface area contributed by atoms with Crippen LogP contribution in [0.4, 0.5) is 17.1 Å². The minimum absolute atomic E-state index is 0. The van der Waals surface area contributed by atoms with E-state index in [0.717, 1.165) is 16.9 Å². The van der Waals surface area contributed by atoms with E-state index in [-0.39, 0.29) is 25.6 Å². The fraction of sp³-hybridized carbons (Fsp3) is 0.100. The number of benzene rings is 5. The fourth-order valence-electron chi connectivity index (χ4n) is 6.41. The third-order valence-electron chi connectivity index (χ3n) is 8.40. The number of hydrogen-bond donors (Lipinski definition) is 0. The molecule has 0 saturated carbocycles. The maximum Gasteiger partial charge on any atom is 3.00 e. The summed E-state index contributed by atoms with van der Waals surface area (Å²) < 4.78 is 2.40. The molecule has 0 amide bonds. The van der Waals surface area contributed by atoms with Crippen LogP contribution in [-0.4, -0.2) is 14.9 Å². The second kappa shape index (κ2) is 11.3. The number of aromatic nitrogens is 2. The molecule has 0 saturated heterocycles. The normalized spacial score (nSPS) is 12.9. The van der Waals surface area contributed by atoms with Gasteiger partial charge in [0.15, 0.2) is 0 Å². The number of pyridine rings is 1. The van der Waals surface area contributed by atoms with Gasteiger partial charge < -0.3 is 19.2 Å². The van der Waals surface area contributed by atoms with Gasteiger partial charge in [-0.25, -0.2) is 0 Å². The Kier molecular flexibility index (Phi) is 7.32. The van der Waals surface area contributed by atoms with Crippen molar-refractivity contribution in [1.82, 2.24) is 9.38 Å². The van der Waals surface area contributed by atoms with Gasteiger partial charge in [0.1, 0.15) is 0 Å². The Morgan fingerprint density at radius 1 is 0.667 bits per heavy atom. The molecule has 0 N–H and O–H groups in total. The van der Waals surface area contributed by atoms with Crippen LogP contribution in [0.2, 0.25) is 0 Å². The molecule has 9 rings (SSSR count). The van der Waals surface area contributed by atoms with Crippen molar-refractivity contribution in [2.45, 2.75) is 26.3 Å². The standard InChI is InChI=1S/C29H23N3.C11H8N.Ir/c1-29(2,3)31-18-30(26-13-6-7-14-27(26)31)19-15-16-25-23(17-19)22-11-8-10-21-20-9-4-5-12-24(20)32(25)28(21)22;1-2-6-10(7-3-1)11-8-4-5-9-12-11;/h4-14,16-18H,1-3H3;1-6,8-9H;/q-2;-1;+3. The van der Waals surface area contributed by atoms with E-state index in [1.165, 1.54) is 49.5 Å². The first-order valence-electron chi connectivity index (χ1n) is 15.0. The first-order chi connectivity index (χ1) is 21.5. The van der Waals surface area contributed by atoms with Gasteiger partial charge in [-0.3, -0.25) is 0 Å². The van der Waals surface area contributed by atoms with Crippen molar-refractivity contribution >= 4 is 55.2 Å². The average molecular weight is 760 g/mol. The number of fused-ring (bicyclic) bond motifs is 7. The van der Waals surface area contributed by atoms with E-state index in [2.05, 4.69) is 138 Å². The number of rotatable bonds is 2. The van der Waals surface area contributed by atoms with Crippen molar-refractivity contribution in [2.75, 3.05) is 9.80 Å². The van der Waals surface area contributed by atoms with E-state index in [1.54, 1.807) is 6.20 Å². The van der Waals surface area contributed by atoms with Gasteiger partial charge in [0.2, 0.25) is 0 Å². The Balaban J connectivity index is 0.000000211. The summed E-state index contributed by atoms with van der Waals surface area (Å²) in [4.78, 5) is 8.84. The summed E-state index contributed by atoms with van der Waals surface area (Å²) in [6, 6.07) is 48.8.